The summed E-state index contributed by atoms with van der Waals surface area (Å²) in [6, 6.07) is 6.15. The fourth-order valence-corrected chi connectivity index (χ4v) is 0.810. The first kappa shape index (κ1) is 7.88. The molecule has 1 rings (SSSR count). The highest BCUT2D eigenvalue weighted by Gasteiger charge is 1.99. The van der Waals surface area contributed by atoms with E-state index >= 15 is 0 Å². The van der Waals surface area contributed by atoms with Crippen molar-refractivity contribution in [3.63, 3.8) is 0 Å². The van der Waals surface area contributed by atoms with Gasteiger partial charge in [0.1, 0.15) is 5.75 Å². The summed E-state index contributed by atoms with van der Waals surface area (Å²) in [5, 5.41) is 19.9. The first-order valence-corrected chi connectivity index (χ1v) is 3.29. The molecule has 0 atom stereocenters. The predicted molar refractivity (Wildman–Crippen MR) is 42.3 cm³/mol. The van der Waals surface area contributed by atoms with Crippen LogP contribution < -0.4 is 0 Å². The Kier molecular flexibility index (Phi) is 2.33. The van der Waals surface area contributed by atoms with E-state index in [-0.39, 0.29) is 10.9 Å². The average molecular weight is 172 g/mol. The van der Waals surface area contributed by atoms with Gasteiger partial charge in [-0.1, -0.05) is 28.9 Å². The normalized spacial score (nSPS) is 11.5. The molecule has 58 valence electrons. The fraction of sp³-hybridized carbons (Fsp3) is 0. The SMILES string of the molecule is ON=C(Cl)c1cccc(O)c1. The highest BCUT2D eigenvalue weighted by molar-refractivity contribution is 6.69. The van der Waals surface area contributed by atoms with E-state index in [2.05, 4.69) is 5.16 Å². The van der Waals surface area contributed by atoms with E-state index in [9.17, 15) is 0 Å². The van der Waals surface area contributed by atoms with Crippen LogP contribution in [-0.2, 0) is 0 Å². The van der Waals surface area contributed by atoms with Crippen LogP contribution in [0.3, 0.4) is 0 Å². The van der Waals surface area contributed by atoms with E-state index in [1.54, 1.807) is 12.1 Å². The van der Waals surface area contributed by atoms with Gasteiger partial charge in [-0.2, -0.15) is 0 Å². The highest BCUT2D eigenvalue weighted by Crippen LogP contribution is 2.12. The monoisotopic (exact) mass is 171 g/mol. The molecular weight excluding hydrogens is 166 g/mol. The van der Waals surface area contributed by atoms with E-state index in [0.717, 1.165) is 0 Å². The third kappa shape index (κ3) is 1.85. The van der Waals surface area contributed by atoms with Gasteiger partial charge in [-0.25, -0.2) is 0 Å². The molecule has 4 heteroatoms. The van der Waals surface area contributed by atoms with Crippen molar-refractivity contribution >= 4 is 16.8 Å². The number of benzene rings is 1. The Hall–Kier alpha value is -1.22. The van der Waals surface area contributed by atoms with Crippen LogP contribution in [0.25, 0.3) is 0 Å². The lowest BCUT2D eigenvalue weighted by atomic mass is 10.2. The summed E-state index contributed by atoms with van der Waals surface area (Å²) in [4.78, 5) is 0. The van der Waals surface area contributed by atoms with Crippen molar-refractivity contribution in [2.24, 2.45) is 5.16 Å². The summed E-state index contributed by atoms with van der Waals surface area (Å²) in [5.74, 6) is 0.0873. The van der Waals surface area contributed by atoms with Gasteiger partial charge in [0.25, 0.3) is 0 Å². The minimum absolute atomic E-state index is 0.0408. The van der Waals surface area contributed by atoms with Gasteiger partial charge in [-0.15, -0.1) is 0 Å². The Labute approximate surface area is 68.5 Å². The zero-order valence-electron chi connectivity index (χ0n) is 5.53. The van der Waals surface area contributed by atoms with Gasteiger partial charge in [-0.05, 0) is 12.1 Å². The van der Waals surface area contributed by atoms with E-state index in [1.165, 1.54) is 12.1 Å². The summed E-state index contributed by atoms with van der Waals surface area (Å²) in [6.45, 7) is 0. The Bertz CT molecular complexity index is 286. The molecule has 0 heterocycles. The van der Waals surface area contributed by atoms with Crippen LogP contribution in [0.5, 0.6) is 5.75 Å². The number of hydrogen-bond donors (Lipinski definition) is 2. The second-order valence-corrected chi connectivity index (χ2v) is 2.30. The van der Waals surface area contributed by atoms with Crippen LogP contribution in [0.2, 0.25) is 0 Å². The van der Waals surface area contributed by atoms with E-state index in [0.29, 0.717) is 5.56 Å². The van der Waals surface area contributed by atoms with Crippen LogP contribution in [0, 0.1) is 0 Å². The number of oxime groups is 1. The molecule has 0 amide bonds. The maximum atomic E-state index is 8.96. The third-order valence-corrected chi connectivity index (χ3v) is 1.47. The first-order chi connectivity index (χ1) is 5.24. The molecule has 0 unspecified atom stereocenters. The molecule has 1 aromatic rings. The van der Waals surface area contributed by atoms with Crippen molar-refractivity contribution in [3.05, 3.63) is 29.8 Å². The summed E-state index contributed by atoms with van der Waals surface area (Å²) >= 11 is 5.45. The fourth-order valence-electron chi connectivity index (χ4n) is 0.692. The lowest BCUT2D eigenvalue weighted by molar-refractivity contribution is 0.321. The summed E-state index contributed by atoms with van der Waals surface area (Å²) in [6.07, 6.45) is 0. The van der Waals surface area contributed by atoms with Crippen LogP contribution in [-0.4, -0.2) is 15.5 Å². The topological polar surface area (TPSA) is 52.8 Å². The Balaban J connectivity index is 3.06. The smallest absolute Gasteiger partial charge is 0.175 e. The molecule has 0 aliphatic heterocycles. The average Bonchev–Trinajstić information content (AvgIpc) is 2.03. The number of rotatable bonds is 1. The number of hydrogen-bond acceptors (Lipinski definition) is 3. The standard InChI is InChI=1S/C7H6ClNO2/c8-7(9-11)5-2-1-3-6(10)4-5/h1-4,10-11H. The molecule has 0 saturated heterocycles. The van der Waals surface area contributed by atoms with Crippen molar-refractivity contribution in [1.82, 2.24) is 0 Å². The molecule has 0 fully saturated rings. The zero-order chi connectivity index (χ0) is 8.27. The number of phenols is 1. The minimum atomic E-state index is -0.0408. The van der Waals surface area contributed by atoms with Crippen LogP contribution in [0.1, 0.15) is 5.56 Å². The molecule has 0 aromatic heterocycles. The van der Waals surface area contributed by atoms with Gasteiger partial charge in [0.05, 0.1) is 0 Å². The molecule has 0 saturated carbocycles. The number of nitrogens with zero attached hydrogens (tertiary/aromatic N) is 1. The predicted octanol–water partition coefficient (Wildman–Crippen LogP) is 1.77. The number of halogens is 1. The van der Waals surface area contributed by atoms with Crippen LogP contribution in [0.4, 0.5) is 0 Å². The third-order valence-electron chi connectivity index (χ3n) is 1.17. The summed E-state index contributed by atoms with van der Waals surface area (Å²) < 4.78 is 0. The maximum Gasteiger partial charge on any atom is 0.175 e. The van der Waals surface area contributed by atoms with Gasteiger partial charge in [0.2, 0.25) is 0 Å². The summed E-state index contributed by atoms with van der Waals surface area (Å²) in [7, 11) is 0. The Morgan fingerprint density at radius 2 is 2.18 bits per heavy atom. The largest absolute Gasteiger partial charge is 0.508 e. The van der Waals surface area contributed by atoms with Crippen LogP contribution in [0.15, 0.2) is 29.4 Å². The molecule has 0 aliphatic carbocycles. The van der Waals surface area contributed by atoms with Gasteiger partial charge in [0, 0.05) is 5.56 Å². The second kappa shape index (κ2) is 3.25. The first-order valence-electron chi connectivity index (χ1n) is 2.91. The zero-order valence-corrected chi connectivity index (χ0v) is 6.28. The Morgan fingerprint density at radius 3 is 2.73 bits per heavy atom. The molecule has 11 heavy (non-hydrogen) atoms. The van der Waals surface area contributed by atoms with E-state index in [4.69, 9.17) is 21.9 Å². The molecular formula is C7H6ClNO2. The number of aromatic hydroxyl groups is 1. The van der Waals surface area contributed by atoms with Crippen molar-refractivity contribution in [2.75, 3.05) is 0 Å². The highest BCUT2D eigenvalue weighted by atomic mass is 35.5. The van der Waals surface area contributed by atoms with E-state index in [1.807, 2.05) is 0 Å². The van der Waals surface area contributed by atoms with Crippen molar-refractivity contribution < 1.29 is 10.3 Å². The molecule has 2 N–H and O–H groups in total. The molecule has 0 bridgehead atoms. The number of phenolic OH excluding ortho intramolecular Hbond substituents is 1. The minimum Gasteiger partial charge on any atom is -0.508 e. The molecule has 0 aliphatic rings. The van der Waals surface area contributed by atoms with Gasteiger partial charge < -0.3 is 10.3 Å². The Morgan fingerprint density at radius 1 is 1.45 bits per heavy atom. The van der Waals surface area contributed by atoms with Crippen LogP contribution >= 0.6 is 11.6 Å². The maximum absolute atomic E-state index is 8.96. The molecule has 0 spiro atoms. The van der Waals surface area contributed by atoms with Crippen molar-refractivity contribution in [2.45, 2.75) is 0 Å². The van der Waals surface area contributed by atoms with E-state index < -0.39 is 0 Å². The second-order valence-electron chi connectivity index (χ2n) is 1.94. The lowest BCUT2D eigenvalue weighted by Crippen LogP contribution is -1.89. The summed E-state index contributed by atoms with van der Waals surface area (Å²) in [5.41, 5.74) is 0.481. The van der Waals surface area contributed by atoms with Gasteiger partial charge in [-0.3, -0.25) is 0 Å². The van der Waals surface area contributed by atoms with Gasteiger partial charge in [0.15, 0.2) is 5.17 Å². The molecule has 0 radical (unpaired) electrons. The van der Waals surface area contributed by atoms with Crippen molar-refractivity contribution in [3.8, 4) is 5.75 Å². The lowest BCUT2D eigenvalue weighted by Gasteiger charge is -1.95. The molecule has 3 nitrogen and oxygen atoms in total. The molecule has 1 aromatic carbocycles. The van der Waals surface area contributed by atoms with Crippen molar-refractivity contribution in [1.29, 1.82) is 0 Å². The quantitative estimate of drug-likeness (QED) is 0.384. The van der Waals surface area contributed by atoms with Gasteiger partial charge >= 0.3 is 0 Å².